The van der Waals surface area contributed by atoms with Crippen LogP contribution in [0.5, 0.6) is 5.75 Å². The van der Waals surface area contributed by atoms with Crippen LogP contribution in [0.2, 0.25) is 0 Å². The highest BCUT2D eigenvalue weighted by Gasteiger charge is 2.13. The van der Waals surface area contributed by atoms with Crippen LogP contribution in [0.1, 0.15) is 5.56 Å². The summed E-state index contributed by atoms with van der Waals surface area (Å²) in [6.07, 6.45) is -1.25. The second-order valence-electron chi connectivity index (χ2n) is 3.21. The number of methoxy groups -OCH3 is 1. The molecule has 5 nitrogen and oxygen atoms in total. The monoisotopic (exact) mass is 225 g/mol. The van der Waals surface area contributed by atoms with Crippen molar-refractivity contribution in [3.63, 3.8) is 0 Å². The minimum atomic E-state index is -1.25. The molecular formula is C11H15NO4. The van der Waals surface area contributed by atoms with Gasteiger partial charge in [-0.3, -0.25) is 0 Å². The van der Waals surface area contributed by atoms with Crippen molar-refractivity contribution >= 4 is 5.97 Å². The predicted molar refractivity (Wildman–Crippen MR) is 57.9 cm³/mol. The highest BCUT2D eigenvalue weighted by atomic mass is 16.5. The fraction of sp³-hybridized carbons (Fsp3) is 0.364. The molecule has 0 heterocycles. The Bertz CT molecular complexity index is 336. The lowest BCUT2D eigenvalue weighted by molar-refractivity contribution is -0.154. The summed E-state index contributed by atoms with van der Waals surface area (Å²) in [5.41, 5.74) is 5.93. The van der Waals surface area contributed by atoms with E-state index in [0.717, 1.165) is 11.3 Å². The molecule has 1 aromatic rings. The molecule has 88 valence electrons. The van der Waals surface area contributed by atoms with Gasteiger partial charge in [0.05, 0.1) is 7.11 Å². The van der Waals surface area contributed by atoms with Gasteiger partial charge in [-0.25, -0.2) is 4.79 Å². The zero-order chi connectivity index (χ0) is 12.0. The van der Waals surface area contributed by atoms with Gasteiger partial charge in [-0.15, -0.1) is 0 Å². The number of nitrogens with two attached hydrogens (primary N) is 1. The highest BCUT2D eigenvalue weighted by Crippen LogP contribution is 2.12. The van der Waals surface area contributed by atoms with Crippen LogP contribution in [-0.4, -0.2) is 30.8 Å². The molecule has 0 aliphatic rings. The molecule has 1 rings (SSSR count). The molecule has 0 aromatic heterocycles. The molecule has 0 aliphatic carbocycles. The van der Waals surface area contributed by atoms with E-state index >= 15 is 0 Å². The zero-order valence-electron chi connectivity index (χ0n) is 9.05. The molecule has 0 unspecified atom stereocenters. The van der Waals surface area contributed by atoms with Crippen molar-refractivity contribution in [1.29, 1.82) is 0 Å². The van der Waals surface area contributed by atoms with Crippen molar-refractivity contribution < 1.29 is 19.4 Å². The van der Waals surface area contributed by atoms with Gasteiger partial charge in [0, 0.05) is 6.54 Å². The molecule has 0 radical (unpaired) electrons. The van der Waals surface area contributed by atoms with Crippen LogP contribution in [0, 0.1) is 0 Å². The van der Waals surface area contributed by atoms with Crippen LogP contribution in [0.25, 0.3) is 0 Å². The van der Waals surface area contributed by atoms with Gasteiger partial charge in [0.2, 0.25) is 0 Å². The highest BCUT2D eigenvalue weighted by molar-refractivity contribution is 5.74. The Morgan fingerprint density at radius 2 is 2.06 bits per heavy atom. The van der Waals surface area contributed by atoms with Gasteiger partial charge in [-0.1, -0.05) is 12.1 Å². The quantitative estimate of drug-likeness (QED) is 0.692. The Hall–Kier alpha value is -1.59. The van der Waals surface area contributed by atoms with Crippen LogP contribution >= 0.6 is 0 Å². The van der Waals surface area contributed by atoms with Crippen LogP contribution in [-0.2, 0) is 16.1 Å². The summed E-state index contributed by atoms with van der Waals surface area (Å²) in [6.45, 7) is -0.0265. The number of benzene rings is 1. The van der Waals surface area contributed by atoms with E-state index in [2.05, 4.69) is 0 Å². The second kappa shape index (κ2) is 6.09. The van der Waals surface area contributed by atoms with Gasteiger partial charge in [0.1, 0.15) is 12.4 Å². The van der Waals surface area contributed by atoms with Gasteiger partial charge in [-0.2, -0.15) is 0 Å². The molecule has 0 saturated carbocycles. The Morgan fingerprint density at radius 1 is 1.44 bits per heavy atom. The summed E-state index contributed by atoms with van der Waals surface area (Å²) in [5.74, 6) is 0.0235. The van der Waals surface area contributed by atoms with E-state index in [1.165, 1.54) is 0 Å². The Kier molecular flexibility index (Phi) is 4.75. The van der Waals surface area contributed by atoms with E-state index in [4.69, 9.17) is 20.3 Å². The number of rotatable bonds is 5. The molecule has 0 fully saturated rings. The maximum Gasteiger partial charge on any atom is 0.336 e. The standard InChI is InChI=1S/C11H15NO4/c1-15-9-4-2-8(3-5-9)7-16-11(14)10(13)6-12/h2-5,10,13H,6-7,12H2,1H3/t10-/m0/s1. The van der Waals surface area contributed by atoms with Crippen molar-refractivity contribution in [1.82, 2.24) is 0 Å². The van der Waals surface area contributed by atoms with E-state index in [9.17, 15) is 4.79 Å². The Labute approximate surface area is 93.8 Å². The predicted octanol–water partition coefficient (Wildman–Crippen LogP) is 0.0580. The lowest BCUT2D eigenvalue weighted by atomic mass is 10.2. The SMILES string of the molecule is COc1ccc(COC(=O)[C@@H](O)CN)cc1. The van der Waals surface area contributed by atoms with Gasteiger partial charge in [0.25, 0.3) is 0 Å². The first kappa shape index (κ1) is 12.5. The summed E-state index contributed by atoms with van der Waals surface area (Å²) in [7, 11) is 1.58. The summed E-state index contributed by atoms with van der Waals surface area (Å²) < 4.78 is 9.83. The number of aliphatic hydroxyl groups is 1. The van der Waals surface area contributed by atoms with Crippen molar-refractivity contribution in [2.45, 2.75) is 12.7 Å². The third-order valence-corrected chi connectivity index (χ3v) is 2.04. The first-order valence-electron chi connectivity index (χ1n) is 4.85. The number of esters is 1. The second-order valence-corrected chi connectivity index (χ2v) is 3.21. The third-order valence-electron chi connectivity index (χ3n) is 2.04. The Morgan fingerprint density at radius 3 is 2.56 bits per heavy atom. The molecule has 1 aromatic carbocycles. The summed E-state index contributed by atoms with van der Waals surface area (Å²) in [4.78, 5) is 11.1. The molecule has 0 spiro atoms. The van der Waals surface area contributed by atoms with E-state index in [1.807, 2.05) is 0 Å². The molecule has 5 heteroatoms. The maximum atomic E-state index is 11.1. The number of aliphatic hydroxyl groups excluding tert-OH is 1. The zero-order valence-corrected chi connectivity index (χ0v) is 9.05. The lowest BCUT2D eigenvalue weighted by Gasteiger charge is -2.08. The minimum absolute atomic E-state index is 0.111. The smallest absolute Gasteiger partial charge is 0.336 e. The van der Waals surface area contributed by atoms with Gasteiger partial charge >= 0.3 is 5.97 Å². The number of ether oxygens (including phenoxy) is 2. The fourth-order valence-corrected chi connectivity index (χ4v) is 1.07. The first-order chi connectivity index (χ1) is 7.67. The minimum Gasteiger partial charge on any atom is -0.497 e. The molecule has 0 amide bonds. The van der Waals surface area contributed by atoms with Crippen molar-refractivity contribution in [2.75, 3.05) is 13.7 Å². The molecule has 3 N–H and O–H groups in total. The topological polar surface area (TPSA) is 81.8 Å². The average Bonchev–Trinajstić information content (AvgIpc) is 2.35. The normalized spacial score (nSPS) is 11.9. The number of hydrogen-bond donors (Lipinski definition) is 2. The van der Waals surface area contributed by atoms with E-state index in [0.29, 0.717) is 0 Å². The van der Waals surface area contributed by atoms with Gasteiger partial charge in [0.15, 0.2) is 6.10 Å². The van der Waals surface area contributed by atoms with Crippen LogP contribution < -0.4 is 10.5 Å². The molecule has 16 heavy (non-hydrogen) atoms. The number of hydrogen-bond acceptors (Lipinski definition) is 5. The molecular weight excluding hydrogens is 210 g/mol. The van der Waals surface area contributed by atoms with Crippen LogP contribution in [0.3, 0.4) is 0 Å². The van der Waals surface area contributed by atoms with Gasteiger partial charge < -0.3 is 20.3 Å². The summed E-state index contributed by atoms with van der Waals surface area (Å²) in [6, 6.07) is 7.09. The van der Waals surface area contributed by atoms with Crippen molar-refractivity contribution in [2.24, 2.45) is 5.73 Å². The fourth-order valence-electron chi connectivity index (χ4n) is 1.07. The largest absolute Gasteiger partial charge is 0.497 e. The number of carbonyl (C=O) groups is 1. The summed E-state index contributed by atoms with van der Waals surface area (Å²) in [5, 5.41) is 9.07. The Balaban J connectivity index is 2.45. The van der Waals surface area contributed by atoms with Crippen molar-refractivity contribution in [3.8, 4) is 5.75 Å². The van der Waals surface area contributed by atoms with Crippen LogP contribution in [0.4, 0.5) is 0 Å². The number of carbonyl (C=O) groups excluding carboxylic acids is 1. The summed E-state index contributed by atoms with van der Waals surface area (Å²) >= 11 is 0. The molecule has 0 aliphatic heterocycles. The van der Waals surface area contributed by atoms with Crippen molar-refractivity contribution in [3.05, 3.63) is 29.8 Å². The average molecular weight is 225 g/mol. The van der Waals surface area contributed by atoms with E-state index in [-0.39, 0.29) is 13.2 Å². The van der Waals surface area contributed by atoms with Crippen LogP contribution in [0.15, 0.2) is 24.3 Å². The van der Waals surface area contributed by atoms with Gasteiger partial charge in [-0.05, 0) is 17.7 Å². The lowest BCUT2D eigenvalue weighted by Crippen LogP contribution is -2.30. The molecule has 0 bridgehead atoms. The van der Waals surface area contributed by atoms with E-state index in [1.54, 1.807) is 31.4 Å². The molecule has 1 atom stereocenters. The molecule has 0 saturated heterocycles. The third kappa shape index (κ3) is 3.52. The van der Waals surface area contributed by atoms with E-state index < -0.39 is 12.1 Å². The first-order valence-corrected chi connectivity index (χ1v) is 4.85. The maximum absolute atomic E-state index is 11.1.